The summed E-state index contributed by atoms with van der Waals surface area (Å²) in [6.45, 7) is 0.965. The molecule has 0 bridgehead atoms. The number of hydrogen-bond acceptors (Lipinski definition) is 5. The number of fused-ring (bicyclic) bond motifs is 1. The van der Waals surface area contributed by atoms with Gasteiger partial charge in [0.05, 0.1) is 0 Å². The number of nitrogens with zero attached hydrogens (tertiary/aromatic N) is 2. The average molecular weight is 331 g/mol. The van der Waals surface area contributed by atoms with E-state index < -0.39 is 0 Å². The van der Waals surface area contributed by atoms with Crippen LogP contribution < -0.4 is 16.4 Å². The van der Waals surface area contributed by atoms with Crippen molar-refractivity contribution in [2.45, 2.75) is 0 Å². The Bertz CT molecular complexity index is 847. The molecule has 0 spiro atoms. The number of halogens is 1. The van der Waals surface area contributed by atoms with Crippen molar-refractivity contribution in [3.63, 3.8) is 0 Å². The van der Waals surface area contributed by atoms with Crippen LogP contribution in [0.5, 0.6) is 0 Å². The summed E-state index contributed by atoms with van der Waals surface area (Å²) in [5.74, 6) is 0.643. The Hall–Kier alpha value is -2.80. The molecule has 8 heteroatoms. The second-order valence-electron chi connectivity index (χ2n) is 4.90. The summed E-state index contributed by atoms with van der Waals surface area (Å²) in [4.78, 5) is 23.0. The third kappa shape index (κ3) is 3.70. The Morgan fingerprint density at radius 1 is 1.26 bits per heavy atom. The Morgan fingerprint density at radius 2 is 2.13 bits per heavy atom. The molecule has 0 unspecified atom stereocenters. The van der Waals surface area contributed by atoms with E-state index in [9.17, 15) is 4.79 Å². The molecule has 0 radical (unpaired) electrons. The highest BCUT2D eigenvalue weighted by Gasteiger charge is 2.09. The summed E-state index contributed by atoms with van der Waals surface area (Å²) in [7, 11) is 0. The maximum atomic E-state index is 12.1. The van der Waals surface area contributed by atoms with Crippen molar-refractivity contribution in [3.05, 3.63) is 47.2 Å². The van der Waals surface area contributed by atoms with Crippen molar-refractivity contribution in [1.82, 2.24) is 20.3 Å². The van der Waals surface area contributed by atoms with E-state index >= 15 is 0 Å². The van der Waals surface area contributed by atoms with Crippen LogP contribution in [-0.4, -0.2) is 33.9 Å². The first kappa shape index (κ1) is 15.1. The van der Waals surface area contributed by atoms with E-state index in [0.29, 0.717) is 29.6 Å². The van der Waals surface area contributed by atoms with E-state index in [-0.39, 0.29) is 11.9 Å². The van der Waals surface area contributed by atoms with Crippen LogP contribution in [0.1, 0.15) is 10.5 Å². The molecule has 1 amide bonds. The van der Waals surface area contributed by atoms with Crippen LogP contribution in [-0.2, 0) is 0 Å². The monoisotopic (exact) mass is 330 g/mol. The van der Waals surface area contributed by atoms with Crippen LogP contribution in [0, 0.1) is 0 Å². The van der Waals surface area contributed by atoms with Gasteiger partial charge in [-0.1, -0.05) is 11.6 Å². The Morgan fingerprint density at radius 3 is 2.96 bits per heavy atom. The van der Waals surface area contributed by atoms with Gasteiger partial charge in [-0.2, -0.15) is 4.98 Å². The number of hydrogen-bond donors (Lipinski definition) is 4. The summed E-state index contributed by atoms with van der Waals surface area (Å²) in [6, 6.07) is 8.91. The Kier molecular flexibility index (Phi) is 4.29. The lowest BCUT2D eigenvalue weighted by atomic mass is 10.2. The van der Waals surface area contributed by atoms with Gasteiger partial charge in [0.25, 0.3) is 5.91 Å². The van der Waals surface area contributed by atoms with Crippen molar-refractivity contribution in [2.75, 3.05) is 24.1 Å². The molecule has 0 saturated heterocycles. The van der Waals surface area contributed by atoms with E-state index in [1.165, 1.54) is 0 Å². The van der Waals surface area contributed by atoms with E-state index in [2.05, 4.69) is 25.6 Å². The molecule has 0 aliphatic heterocycles. The van der Waals surface area contributed by atoms with Crippen LogP contribution in [0.2, 0.25) is 5.02 Å². The number of H-pyrrole nitrogens is 1. The lowest BCUT2D eigenvalue weighted by Crippen LogP contribution is -2.29. The first-order chi connectivity index (χ1) is 11.1. The number of nitrogen functional groups attached to an aromatic ring is 1. The average Bonchev–Trinajstić information content (AvgIpc) is 2.94. The van der Waals surface area contributed by atoms with Crippen molar-refractivity contribution in [2.24, 2.45) is 0 Å². The number of nitrogens with two attached hydrogens (primary N) is 1. The van der Waals surface area contributed by atoms with Gasteiger partial charge in [0.2, 0.25) is 5.95 Å². The molecule has 0 fully saturated rings. The summed E-state index contributed by atoms with van der Waals surface area (Å²) in [5.41, 5.74) is 6.85. The zero-order valence-electron chi connectivity index (χ0n) is 12.1. The maximum absolute atomic E-state index is 12.1. The highest BCUT2D eigenvalue weighted by Crippen LogP contribution is 2.19. The van der Waals surface area contributed by atoms with E-state index in [4.69, 9.17) is 17.3 Å². The fourth-order valence-electron chi connectivity index (χ4n) is 2.16. The van der Waals surface area contributed by atoms with Crippen molar-refractivity contribution in [3.8, 4) is 0 Å². The quantitative estimate of drug-likeness (QED) is 0.535. The van der Waals surface area contributed by atoms with Crippen LogP contribution in [0.15, 0.2) is 36.5 Å². The van der Waals surface area contributed by atoms with Gasteiger partial charge in [0, 0.05) is 35.2 Å². The first-order valence-corrected chi connectivity index (χ1v) is 7.38. The molecule has 7 nitrogen and oxygen atoms in total. The predicted molar refractivity (Wildman–Crippen MR) is 90.6 cm³/mol. The standard InChI is InChI=1S/C15H15ClN6O/c16-10-1-2-11-9(7-10)8-12(21-11)14(23)19-6-5-18-13-3-4-20-15(17)22-13/h1-4,7-8,21H,5-6H2,(H,19,23)(H3,17,18,20,22). The maximum Gasteiger partial charge on any atom is 0.267 e. The largest absolute Gasteiger partial charge is 0.368 e. The number of aromatic amines is 1. The summed E-state index contributed by atoms with van der Waals surface area (Å²) in [6.07, 6.45) is 1.57. The third-order valence-electron chi connectivity index (χ3n) is 3.22. The number of carbonyl (C=O) groups is 1. The zero-order valence-corrected chi connectivity index (χ0v) is 12.9. The van der Waals surface area contributed by atoms with Crippen LogP contribution >= 0.6 is 11.6 Å². The van der Waals surface area contributed by atoms with E-state index in [1.807, 2.05) is 12.1 Å². The van der Waals surface area contributed by atoms with Gasteiger partial charge in [-0.25, -0.2) is 4.98 Å². The minimum Gasteiger partial charge on any atom is -0.368 e. The molecule has 3 aromatic rings. The van der Waals surface area contributed by atoms with Gasteiger partial charge in [-0.15, -0.1) is 0 Å². The molecule has 2 aromatic heterocycles. The Balaban J connectivity index is 1.54. The molecule has 5 N–H and O–H groups in total. The highest BCUT2D eigenvalue weighted by atomic mass is 35.5. The fourth-order valence-corrected chi connectivity index (χ4v) is 2.34. The molecule has 23 heavy (non-hydrogen) atoms. The number of amides is 1. The minimum absolute atomic E-state index is 0.179. The molecular formula is C15H15ClN6O. The molecule has 3 rings (SSSR count). The van der Waals surface area contributed by atoms with Crippen molar-refractivity contribution < 1.29 is 4.79 Å². The highest BCUT2D eigenvalue weighted by molar-refractivity contribution is 6.31. The van der Waals surface area contributed by atoms with Crippen LogP contribution in [0.25, 0.3) is 10.9 Å². The molecule has 1 aromatic carbocycles. The molecule has 2 heterocycles. The molecule has 0 aliphatic carbocycles. The van der Waals surface area contributed by atoms with Crippen molar-refractivity contribution >= 4 is 40.2 Å². The van der Waals surface area contributed by atoms with Crippen LogP contribution in [0.3, 0.4) is 0 Å². The number of nitrogens with one attached hydrogen (secondary N) is 3. The van der Waals surface area contributed by atoms with Gasteiger partial charge in [0.15, 0.2) is 0 Å². The van der Waals surface area contributed by atoms with Crippen molar-refractivity contribution in [1.29, 1.82) is 0 Å². The third-order valence-corrected chi connectivity index (χ3v) is 3.45. The SMILES string of the molecule is Nc1nccc(NCCNC(=O)c2cc3cc(Cl)ccc3[nH]2)n1. The number of aromatic nitrogens is 3. The molecule has 118 valence electrons. The minimum atomic E-state index is -0.179. The second kappa shape index (κ2) is 6.53. The summed E-state index contributed by atoms with van der Waals surface area (Å²) < 4.78 is 0. The summed E-state index contributed by atoms with van der Waals surface area (Å²) in [5, 5.41) is 7.41. The lowest BCUT2D eigenvalue weighted by molar-refractivity contribution is 0.0951. The van der Waals surface area contributed by atoms with Gasteiger partial charge in [-0.05, 0) is 30.3 Å². The Labute approximate surface area is 137 Å². The lowest BCUT2D eigenvalue weighted by Gasteiger charge is -2.06. The predicted octanol–water partition coefficient (Wildman–Crippen LogP) is 2.04. The molecule has 0 aliphatic rings. The van der Waals surface area contributed by atoms with Gasteiger partial charge in [-0.3, -0.25) is 4.79 Å². The van der Waals surface area contributed by atoms with Gasteiger partial charge in [0.1, 0.15) is 11.5 Å². The normalized spacial score (nSPS) is 10.7. The topological polar surface area (TPSA) is 109 Å². The molecule has 0 atom stereocenters. The molecular weight excluding hydrogens is 316 g/mol. The van der Waals surface area contributed by atoms with E-state index in [1.54, 1.807) is 24.4 Å². The van der Waals surface area contributed by atoms with Gasteiger partial charge < -0.3 is 21.4 Å². The number of carbonyl (C=O) groups excluding carboxylic acids is 1. The van der Waals surface area contributed by atoms with Gasteiger partial charge >= 0.3 is 0 Å². The smallest absolute Gasteiger partial charge is 0.267 e. The number of anilines is 2. The first-order valence-electron chi connectivity index (χ1n) is 7.01. The van der Waals surface area contributed by atoms with Crippen LogP contribution in [0.4, 0.5) is 11.8 Å². The fraction of sp³-hybridized carbons (Fsp3) is 0.133. The number of benzene rings is 1. The number of rotatable bonds is 5. The molecule has 0 saturated carbocycles. The van der Waals surface area contributed by atoms with E-state index in [0.717, 1.165) is 10.9 Å². The second-order valence-corrected chi connectivity index (χ2v) is 5.33. The summed E-state index contributed by atoms with van der Waals surface area (Å²) >= 11 is 5.94. The zero-order chi connectivity index (χ0) is 16.2.